The van der Waals surface area contributed by atoms with Crippen LogP contribution < -0.4 is 10.1 Å². The number of hydrogen-bond acceptors (Lipinski definition) is 3. The van der Waals surface area contributed by atoms with Crippen LogP contribution in [0.25, 0.3) is 0 Å². The molecule has 1 rings (SSSR count). The zero-order valence-corrected chi connectivity index (χ0v) is 12.5. The minimum absolute atomic E-state index is 0.107. The van der Waals surface area contributed by atoms with Gasteiger partial charge in [0.2, 0.25) is 0 Å². The fourth-order valence-corrected chi connectivity index (χ4v) is 1.52. The van der Waals surface area contributed by atoms with Gasteiger partial charge in [0.25, 0.3) is 0 Å². The Hall–Kier alpha value is -1.32. The van der Waals surface area contributed by atoms with E-state index in [0.717, 1.165) is 23.4 Å². The van der Waals surface area contributed by atoms with Crippen molar-refractivity contribution >= 4 is 0 Å². The van der Waals surface area contributed by atoms with Gasteiger partial charge in [-0.15, -0.1) is 0 Å². The quantitative estimate of drug-likeness (QED) is 0.767. The van der Waals surface area contributed by atoms with Gasteiger partial charge in [-0.3, -0.25) is 0 Å². The van der Waals surface area contributed by atoms with Crippen molar-refractivity contribution in [1.82, 2.24) is 5.32 Å². The van der Waals surface area contributed by atoms with Gasteiger partial charge in [0.15, 0.2) is 0 Å². The highest BCUT2D eigenvalue weighted by Gasteiger charge is 2.08. The van der Waals surface area contributed by atoms with E-state index in [4.69, 9.17) is 9.47 Å². The molecule has 0 bridgehead atoms. The molecule has 1 N–H and O–H groups in total. The maximum absolute atomic E-state index is 5.65. The van der Waals surface area contributed by atoms with Crippen LogP contribution in [0.2, 0.25) is 0 Å². The summed E-state index contributed by atoms with van der Waals surface area (Å²) in [5, 5.41) is 3.39. The molecule has 0 unspecified atom stereocenters. The summed E-state index contributed by atoms with van der Waals surface area (Å²) in [6.45, 7) is 12.3. The Bertz CT molecular complexity index is 407. The lowest BCUT2D eigenvalue weighted by Crippen LogP contribution is -2.37. The smallest absolute Gasteiger partial charge is 0.119 e. The summed E-state index contributed by atoms with van der Waals surface area (Å²) < 4.78 is 10.8. The van der Waals surface area contributed by atoms with Crippen LogP contribution in [0.4, 0.5) is 0 Å². The van der Waals surface area contributed by atoms with E-state index in [0.29, 0.717) is 13.2 Å². The Morgan fingerprint density at radius 2 is 2.05 bits per heavy atom. The van der Waals surface area contributed by atoms with Gasteiger partial charge >= 0.3 is 0 Å². The second kappa shape index (κ2) is 7.31. The molecule has 1 aromatic rings. The van der Waals surface area contributed by atoms with Crippen LogP contribution in [0.15, 0.2) is 36.4 Å². The molecule has 0 fully saturated rings. The van der Waals surface area contributed by atoms with Gasteiger partial charge in [-0.05, 0) is 44.0 Å². The average molecular weight is 263 g/mol. The van der Waals surface area contributed by atoms with Crippen LogP contribution in [0.1, 0.15) is 26.3 Å². The molecule has 0 spiro atoms. The predicted octanol–water partition coefficient (Wildman–Crippen LogP) is 3.16. The molecular formula is C16H25NO2. The maximum atomic E-state index is 5.65. The van der Waals surface area contributed by atoms with Gasteiger partial charge in [0, 0.05) is 12.1 Å². The van der Waals surface area contributed by atoms with Crippen molar-refractivity contribution in [3.05, 3.63) is 42.0 Å². The molecule has 3 heteroatoms. The van der Waals surface area contributed by atoms with E-state index in [9.17, 15) is 0 Å². The van der Waals surface area contributed by atoms with Crippen molar-refractivity contribution in [3.63, 3.8) is 0 Å². The van der Waals surface area contributed by atoms with Crippen LogP contribution in [-0.2, 0) is 11.3 Å². The second-order valence-corrected chi connectivity index (χ2v) is 5.70. The van der Waals surface area contributed by atoms with Crippen molar-refractivity contribution < 1.29 is 9.47 Å². The number of rotatable bonds is 7. The van der Waals surface area contributed by atoms with Gasteiger partial charge in [-0.2, -0.15) is 0 Å². The SMILES string of the molecule is C=C(CNC(C)(C)C)COCc1cccc(OC)c1. The zero-order valence-electron chi connectivity index (χ0n) is 12.5. The number of benzene rings is 1. The summed E-state index contributed by atoms with van der Waals surface area (Å²) in [7, 11) is 1.67. The monoisotopic (exact) mass is 263 g/mol. The molecule has 0 aromatic heterocycles. The zero-order chi connectivity index (χ0) is 14.3. The lowest BCUT2D eigenvalue weighted by Gasteiger charge is -2.21. The minimum Gasteiger partial charge on any atom is -0.497 e. The Balaban J connectivity index is 2.28. The first-order chi connectivity index (χ1) is 8.90. The third kappa shape index (κ3) is 6.99. The highest BCUT2D eigenvalue weighted by Crippen LogP contribution is 2.13. The molecule has 0 aliphatic carbocycles. The largest absolute Gasteiger partial charge is 0.497 e. The van der Waals surface area contributed by atoms with E-state index < -0.39 is 0 Å². The fourth-order valence-electron chi connectivity index (χ4n) is 1.52. The summed E-state index contributed by atoms with van der Waals surface area (Å²) in [6, 6.07) is 7.90. The molecule has 0 saturated heterocycles. The number of nitrogens with one attached hydrogen (secondary N) is 1. The van der Waals surface area contributed by atoms with E-state index >= 15 is 0 Å². The first-order valence-electron chi connectivity index (χ1n) is 6.53. The molecule has 0 saturated carbocycles. The second-order valence-electron chi connectivity index (χ2n) is 5.70. The Kier molecular flexibility index (Phi) is 6.06. The van der Waals surface area contributed by atoms with Gasteiger partial charge < -0.3 is 14.8 Å². The molecule has 0 aliphatic heterocycles. The van der Waals surface area contributed by atoms with Gasteiger partial charge in [-0.25, -0.2) is 0 Å². The summed E-state index contributed by atoms with van der Waals surface area (Å²) in [6.07, 6.45) is 0. The third-order valence-electron chi connectivity index (χ3n) is 2.58. The molecule has 0 atom stereocenters. The van der Waals surface area contributed by atoms with Crippen LogP contribution in [0.3, 0.4) is 0 Å². The van der Waals surface area contributed by atoms with Crippen molar-refractivity contribution in [1.29, 1.82) is 0 Å². The summed E-state index contributed by atoms with van der Waals surface area (Å²) >= 11 is 0. The molecule has 3 nitrogen and oxygen atoms in total. The first kappa shape index (κ1) is 15.7. The fraction of sp³-hybridized carbons (Fsp3) is 0.500. The summed E-state index contributed by atoms with van der Waals surface area (Å²) in [4.78, 5) is 0. The highest BCUT2D eigenvalue weighted by atomic mass is 16.5. The first-order valence-corrected chi connectivity index (χ1v) is 6.53. The molecule has 0 heterocycles. The van der Waals surface area contributed by atoms with Crippen molar-refractivity contribution in [2.24, 2.45) is 0 Å². The minimum atomic E-state index is 0.107. The topological polar surface area (TPSA) is 30.5 Å². The van der Waals surface area contributed by atoms with Crippen LogP contribution in [-0.4, -0.2) is 25.8 Å². The predicted molar refractivity (Wildman–Crippen MR) is 79.5 cm³/mol. The number of hydrogen-bond donors (Lipinski definition) is 1. The van der Waals surface area contributed by atoms with E-state index in [1.165, 1.54) is 0 Å². The van der Waals surface area contributed by atoms with E-state index in [2.05, 4.69) is 32.7 Å². The maximum Gasteiger partial charge on any atom is 0.119 e. The molecule has 0 amide bonds. The third-order valence-corrected chi connectivity index (χ3v) is 2.58. The van der Waals surface area contributed by atoms with Gasteiger partial charge in [0.05, 0.1) is 20.3 Å². The Morgan fingerprint density at radius 1 is 1.32 bits per heavy atom. The van der Waals surface area contributed by atoms with Crippen molar-refractivity contribution in [3.8, 4) is 5.75 Å². The molecule has 106 valence electrons. The molecular weight excluding hydrogens is 238 g/mol. The highest BCUT2D eigenvalue weighted by molar-refractivity contribution is 5.27. The Morgan fingerprint density at radius 3 is 2.68 bits per heavy atom. The van der Waals surface area contributed by atoms with Crippen LogP contribution in [0.5, 0.6) is 5.75 Å². The lowest BCUT2D eigenvalue weighted by molar-refractivity contribution is 0.140. The summed E-state index contributed by atoms with van der Waals surface area (Å²) in [5.41, 5.74) is 2.27. The molecule has 1 aromatic carbocycles. The van der Waals surface area contributed by atoms with Crippen molar-refractivity contribution in [2.75, 3.05) is 20.3 Å². The van der Waals surface area contributed by atoms with Gasteiger partial charge in [-0.1, -0.05) is 18.7 Å². The number of ether oxygens (including phenoxy) is 2. The van der Waals surface area contributed by atoms with Crippen molar-refractivity contribution in [2.45, 2.75) is 32.9 Å². The number of methoxy groups -OCH3 is 1. The van der Waals surface area contributed by atoms with Crippen LogP contribution in [0, 0.1) is 0 Å². The molecule has 0 radical (unpaired) electrons. The molecule has 19 heavy (non-hydrogen) atoms. The normalized spacial score (nSPS) is 11.4. The Labute approximate surface area is 116 Å². The van der Waals surface area contributed by atoms with E-state index in [1.54, 1.807) is 7.11 Å². The molecule has 0 aliphatic rings. The van der Waals surface area contributed by atoms with E-state index in [-0.39, 0.29) is 5.54 Å². The van der Waals surface area contributed by atoms with Crippen LogP contribution >= 0.6 is 0 Å². The standard InChI is InChI=1S/C16H25NO2/c1-13(10-17-16(2,3)4)11-19-12-14-7-6-8-15(9-14)18-5/h6-9,17H,1,10-12H2,2-5H3. The van der Waals surface area contributed by atoms with Gasteiger partial charge in [0.1, 0.15) is 5.75 Å². The average Bonchev–Trinajstić information content (AvgIpc) is 2.36. The van der Waals surface area contributed by atoms with E-state index in [1.807, 2.05) is 24.3 Å². The lowest BCUT2D eigenvalue weighted by atomic mass is 10.1. The summed E-state index contributed by atoms with van der Waals surface area (Å²) in [5.74, 6) is 0.856.